The normalized spacial score (nSPS) is 10.6. The summed E-state index contributed by atoms with van der Waals surface area (Å²) in [4.78, 5) is 23.5. The average Bonchev–Trinajstić information content (AvgIpc) is 3.15. The van der Waals surface area contributed by atoms with Crippen LogP contribution in [-0.4, -0.2) is 35.0 Å². The van der Waals surface area contributed by atoms with Gasteiger partial charge in [0.25, 0.3) is 5.91 Å². The number of benzene rings is 2. The van der Waals surface area contributed by atoms with Crippen LogP contribution in [0.3, 0.4) is 0 Å². The molecular weight excluding hydrogens is 370 g/mol. The molecule has 0 atom stereocenters. The molecule has 8 heteroatoms. The van der Waals surface area contributed by atoms with Crippen molar-refractivity contribution in [3.63, 3.8) is 0 Å². The van der Waals surface area contributed by atoms with Gasteiger partial charge in [0, 0.05) is 37.1 Å². The fraction of sp³-hybridized carbons (Fsp3) is 0.0952. The first kappa shape index (κ1) is 18.3. The minimum absolute atomic E-state index is 0.271. The quantitative estimate of drug-likeness (QED) is 0.463. The molecule has 29 heavy (non-hydrogen) atoms. The van der Waals surface area contributed by atoms with E-state index in [1.807, 2.05) is 42.5 Å². The number of fused-ring (bicyclic) bond motifs is 1. The van der Waals surface area contributed by atoms with E-state index >= 15 is 0 Å². The zero-order valence-electron chi connectivity index (χ0n) is 15.9. The third-order valence-corrected chi connectivity index (χ3v) is 4.21. The third kappa shape index (κ3) is 4.11. The summed E-state index contributed by atoms with van der Waals surface area (Å²) in [6, 6.07) is 16.4. The number of methoxy groups -OCH3 is 1. The van der Waals surface area contributed by atoms with Gasteiger partial charge in [0.1, 0.15) is 22.9 Å². The van der Waals surface area contributed by atoms with Gasteiger partial charge in [-0.2, -0.15) is 0 Å². The molecule has 0 bridgehead atoms. The molecule has 2 aromatic heterocycles. The second-order valence-electron chi connectivity index (χ2n) is 6.18. The lowest BCUT2D eigenvalue weighted by Gasteiger charge is -2.06. The standard InChI is InChI=1S/C21H19N5O3/c1-22-20(27)19-12-16(8-9-23-19)29-15-6-7-17-18(11-15)26-21(25-17)24-13-4-3-5-14(10-13)28-2/h3-12H,1-2H3,(H,22,27)(H2,24,25,26). The number of nitrogens with zero attached hydrogens (tertiary/aromatic N) is 2. The summed E-state index contributed by atoms with van der Waals surface area (Å²) in [5, 5.41) is 5.76. The summed E-state index contributed by atoms with van der Waals surface area (Å²) in [7, 11) is 3.18. The topological polar surface area (TPSA) is 101 Å². The number of imidazole rings is 1. The smallest absolute Gasteiger partial charge is 0.269 e. The van der Waals surface area contributed by atoms with E-state index in [0.717, 1.165) is 22.5 Å². The highest BCUT2D eigenvalue weighted by Gasteiger charge is 2.09. The van der Waals surface area contributed by atoms with E-state index in [1.165, 1.54) is 6.20 Å². The number of pyridine rings is 1. The molecule has 0 aliphatic carbocycles. The van der Waals surface area contributed by atoms with Crippen LogP contribution in [0.15, 0.2) is 60.8 Å². The Morgan fingerprint density at radius 3 is 2.72 bits per heavy atom. The number of hydrogen-bond donors (Lipinski definition) is 3. The summed E-state index contributed by atoms with van der Waals surface area (Å²) >= 11 is 0. The van der Waals surface area contributed by atoms with Gasteiger partial charge < -0.3 is 25.1 Å². The molecule has 0 fully saturated rings. The maximum Gasteiger partial charge on any atom is 0.269 e. The third-order valence-electron chi connectivity index (χ3n) is 4.21. The summed E-state index contributed by atoms with van der Waals surface area (Å²) < 4.78 is 11.1. The van der Waals surface area contributed by atoms with Crippen LogP contribution in [0.25, 0.3) is 11.0 Å². The molecule has 0 radical (unpaired) electrons. The number of aromatic nitrogens is 3. The second-order valence-corrected chi connectivity index (χ2v) is 6.18. The van der Waals surface area contributed by atoms with Gasteiger partial charge in [-0.3, -0.25) is 9.78 Å². The molecule has 0 saturated heterocycles. The predicted molar refractivity (Wildman–Crippen MR) is 110 cm³/mol. The number of ether oxygens (including phenoxy) is 2. The molecule has 4 aromatic rings. The molecular formula is C21H19N5O3. The Kier molecular flexibility index (Phi) is 4.98. The first-order valence-electron chi connectivity index (χ1n) is 8.91. The first-order valence-corrected chi connectivity index (χ1v) is 8.91. The van der Waals surface area contributed by atoms with Crippen molar-refractivity contribution in [1.29, 1.82) is 0 Å². The van der Waals surface area contributed by atoms with Gasteiger partial charge in [0.15, 0.2) is 0 Å². The number of anilines is 2. The molecule has 0 unspecified atom stereocenters. The van der Waals surface area contributed by atoms with Crippen molar-refractivity contribution >= 4 is 28.6 Å². The molecule has 2 heterocycles. The number of amides is 1. The Labute approximate surface area is 166 Å². The number of carbonyl (C=O) groups excluding carboxylic acids is 1. The summed E-state index contributed by atoms with van der Waals surface area (Å²) in [6.07, 6.45) is 1.53. The van der Waals surface area contributed by atoms with Gasteiger partial charge in [-0.1, -0.05) is 6.07 Å². The number of carbonyl (C=O) groups is 1. The van der Waals surface area contributed by atoms with E-state index in [2.05, 4.69) is 25.6 Å². The number of rotatable bonds is 6. The molecule has 2 aromatic carbocycles. The van der Waals surface area contributed by atoms with Gasteiger partial charge in [-0.05, 0) is 30.3 Å². The number of nitrogens with one attached hydrogen (secondary N) is 3. The first-order chi connectivity index (χ1) is 14.1. The molecule has 0 aliphatic rings. The van der Waals surface area contributed by atoms with Crippen molar-refractivity contribution in [1.82, 2.24) is 20.3 Å². The summed E-state index contributed by atoms with van der Waals surface area (Å²) in [6.45, 7) is 0. The number of H-pyrrole nitrogens is 1. The molecule has 3 N–H and O–H groups in total. The Balaban J connectivity index is 1.54. The number of hydrogen-bond acceptors (Lipinski definition) is 6. The fourth-order valence-corrected chi connectivity index (χ4v) is 2.81. The van der Waals surface area contributed by atoms with Gasteiger partial charge in [-0.15, -0.1) is 0 Å². The maximum absolute atomic E-state index is 11.7. The molecule has 8 nitrogen and oxygen atoms in total. The monoisotopic (exact) mass is 389 g/mol. The van der Waals surface area contributed by atoms with Crippen LogP contribution < -0.4 is 20.1 Å². The molecule has 146 valence electrons. The Morgan fingerprint density at radius 1 is 1.03 bits per heavy atom. The van der Waals surface area contributed by atoms with Gasteiger partial charge in [-0.25, -0.2) is 4.98 Å². The zero-order valence-corrected chi connectivity index (χ0v) is 15.9. The maximum atomic E-state index is 11.7. The van der Waals surface area contributed by atoms with Crippen molar-refractivity contribution in [2.75, 3.05) is 19.5 Å². The van der Waals surface area contributed by atoms with Crippen LogP contribution in [0.5, 0.6) is 17.2 Å². The second kappa shape index (κ2) is 7.89. The van der Waals surface area contributed by atoms with Crippen LogP contribution >= 0.6 is 0 Å². The molecule has 1 amide bonds. The van der Waals surface area contributed by atoms with E-state index < -0.39 is 0 Å². The highest BCUT2D eigenvalue weighted by molar-refractivity contribution is 5.92. The van der Waals surface area contributed by atoms with E-state index in [0.29, 0.717) is 17.4 Å². The minimum Gasteiger partial charge on any atom is -0.497 e. The Morgan fingerprint density at radius 2 is 1.90 bits per heavy atom. The molecule has 0 spiro atoms. The van der Waals surface area contributed by atoms with E-state index in [4.69, 9.17) is 9.47 Å². The van der Waals surface area contributed by atoms with Gasteiger partial charge in [0.2, 0.25) is 5.95 Å². The minimum atomic E-state index is -0.271. The van der Waals surface area contributed by atoms with Crippen molar-refractivity contribution < 1.29 is 14.3 Å². The summed E-state index contributed by atoms with van der Waals surface area (Å²) in [5.41, 5.74) is 2.76. The highest BCUT2D eigenvalue weighted by atomic mass is 16.5. The lowest BCUT2D eigenvalue weighted by molar-refractivity contribution is 0.0958. The van der Waals surface area contributed by atoms with Crippen molar-refractivity contribution in [3.05, 3.63) is 66.5 Å². The Bertz CT molecular complexity index is 1170. The number of aromatic amines is 1. The largest absolute Gasteiger partial charge is 0.497 e. The van der Waals surface area contributed by atoms with Crippen LogP contribution in [0.2, 0.25) is 0 Å². The van der Waals surface area contributed by atoms with Crippen LogP contribution in [0, 0.1) is 0 Å². The van der Waals surface area contributed by atoms with Crippen molar-refractivity contribution in [2.24, 2.45) is 0 Å². The molecule has 0 aliphatic heterocycles. The lowest BCUT2D eigenvalue weighted by atomic mass is 10.3. The van der Waals surface area contributed by atoms with Gasteiger partial charge >= 0.3 is 0 Å². The van der Waals surface area contributed by atoms with Crippen LogP contribution in [0.4, 0.5) is 11.6 Å². The van der Waals surface area contributed by atoms with Crippen molar-refractivity contribution in [2.45, 2.75) is 0 Å². The van der Waals surface area contributed by atoms with Crippen LogP contribution in [-0.2, 0) is 0 Å². The van der Waals surface area contributed by atoms with E-state index in [-0.39, 0.29) is 11.6 Å². The molecule has 0 saturated carbocycles. The van der Waals surface area contributed by atoms with E-state index in [1.54, 1.807) is 26.3 Å². The van der Waals surface area contributed by atoms with Crippen molar-refractivity contribution in [3.8, 4) is 17.2 Å². The zero-order chi connectivity index (χ0) is 20.2. The lowest BCUT2D eigenvalue weighted by Crippen LogP contribution is -2.18. The fourth-order valence-electron chi connectivity index (χ4n) is 2.81. The van der Waals surface area contributed by atoms with Gasteiger partial charge in [0.05, 0.1) is 18.1 Å². The van der Waals surface area contributed by atoms with Crippen LogP contribution in [0.1, 0.15) is 10.5 Å². The molecule has 4 rings (SSSR count). The van der Waals surface area contributed by atoms with E-state index in [9.17, 15) is 4.79 Å². The Hall–Kier alpha value is -4.07. The highest BCUT2D eigenvalue weighted by Crippen LogP contribution is 2.27. The average molecular weight is 389 g/mol. The predicted octanol–water partition coefficient (Wildman–Crippen LogP) is 3.86. The SMILES string of the molecule is CNC(=O)c1cc(Oc2ccc3nc(Nc4cccc(OC)c4)[nH]c3c2)ccn1. The summed E-state index contributed by atoms with van der Waals surface area (Å²) in [5.74, 6) is 2.23.